The highest BCUT2D eigenvalue weighted by Crippen LogP contribution is 2.21. The summed E-state index contributed by atoms with van der Waals surface area (Å²) in [5.74, 6) is 0.666. The Morgan fingerprint density at radius 1 is 1.58 bits per heavy atom. The summed E-state index contributed by atoms with van der Waals surface area (Å²) in [6.45, 7) is 5.92. The predicted molar refractivity (Wildman–Crippen MR) is 48.7 cm³/mol. The summed E-state index contributed by atoms with van der Waals surface area (Å²) in [4.78, 5) is 0. The van der Waals surface area contributed by atoms with Gasteiger partial charge in [0.05, 0.1) is 0 Å². The van der Waals surface area contributed by atoms with Crippen LogP contribution in [0.1, 0.15) is 31.1 Å². The Labute approximate surface area is 72.4 Å². The highest BCUT2D eigenvalue weighted by atomic mass is 15.1. The minimum Gasteiger partial charge on any atom is -0.385 e. The number of aromatic nitrogens is 1. The van der Waals surface area contributed by atoms with E-state index < -0.39 is 0 Å². The minimum atomic E-state index is 0.244. The maximum Gasteiger partial charge on any atom is 0.125 e. The molecular weight excluding hydrogens is 150 g/mol. The van der Waals surface area contributed by atoms with E-state index in [-0.39, 0.29) is 6.04 Å². The fourth-order valence-corrected chi connectivity index (χ4v) is 1.38. The molecule has 2 N–H and O–H groups in total. The molecule has 3 nitrogen and oxygen atoms in total. The summed E-state index contributed by atoms with van der Waals surface area (Å²) < 4.78 is 1.84. The minimum absolute atomic E-state index is 0.244. The molecule has 0 bridgehead atoms. The van der Waals surface area contributed by atoms with Gasteiger partial charge in [-0.3, -0.25) is 0 Å². The van der Waals surface area contributed by atoms with Crippen LogP contribution in [0, 0.1) is 18.3 Å². The normalized spacial score (nSPS) is 10.2. The van der Waals surface area contributed by atoms with Crippen molar-refractivity contribution in [1.29, 1.82) is 5.26 Å². The van der Waals surface area contributed by atoms with Crippen LogP contribution < -0.4 is 5.73 Å². The molecule has 0 aliphatic rings. The van der Waals surface area contributed by atoms with Crippen LogP contribution in [0.3, 0.4) is 0 Å². The van der Waals surface area contributed by atoms with E-state index >= 15 is 0 Å². The molecule has 12 heavy (non-hydrogen) atoms. The third-order valence-electron chi connectivity index (χ3n) is 1.88. The average molecular weight is 163 g/mol. The molecule has 1 aromatic rings. The van der Waals surface area contributed by atoms with Crippen molar-refractivity contribution in [1.82, 2.24) is 4.57 Å². The first-order valence-corrected chi connectivity index (χ1v) is 3.95. The molecule has 3 heteroatoms. The van der Waals surface area contributed by atoms with Crippen molar-refractivity contribution in [2.75, 3.05) is 5.73 Å². The molecule has 0 unspecified atom stereocenters. The first-order chi connectivity index (χ1) is 5.57. The average Bonchev–Trinajstić information content (AvgIpc) is 2.24. The summed E-state index contributed by atoms with van der Waals surface area (Å²) in [6.07, 6.45) is 0. The first kappa shape index (κ1) is 8.66. The molecule has 64 valence electrons. The second-order valence-electron chi connectivity index (χ2n) is 3.18. The predicted octanol–water partition coefficient (Wildman–Crippen LogP) is 1.83. The lowest BCUT2D eigenvalue weighted by molar-refractivity contribution is 0.604. The Balaban J connectivity index is 3.35. The third kappa shape index (κ3) is 1.16. The Morgan fingerprint density at radius 3 is 2.50 bits per heavy atom. The standard InChI is InChI=1S/C9H13N3/c1-6(2)12-8(5-10)7(3)4-9(12)11/h4,6H,11H2,1-3H3. The van der Waals surface area contributed by atoms with Crippen molar-refractivity contribution in [2.24, 2.45) is 0 Å². The van der Waals surface area contributed by atoms with Gasteiger partial charge < -0.3 is 10.3 Å². The lowest BCUT2D eigenvalue weighted by Crippen LogP contribution is -2.07. The second kappa shape index (κ2) is 2.90. The van der Waals surface area contributed by atoms with Gasteiger partial charge >= 0.3 is 0 Å². The zero-order valence-electron chi connectivity index (χ0n) is 7.63. The van der Waals surface area contributed by atoms with Crippen molar-refractivity contribution in [3.63, 3.8) is 0 Å². The van der Waals surface area contributed by atoms with Gasteiger partial charge in [-0.2, -0.15) is 5.26 Å². The Kier molecular flexibility index (Phi) is 2.09. The highest BCUT2D eigenvalue weighted by Gasteiger charge is 2.11. The quantitative estimate of drug-likeness (QED) is 0.686. The number of rotatable bonds is 1. The van der Waals surface area contributed by atoms with Crippen LogP contribution in [0.2, 0.25) is 0 Å². The number of aryl methyl sites for hydroxylation is 1. The van der Waals surface area contributed by atoms with Gasteiger partial charge in [0, 0.05) is 6.04 Å². The van der Waals surface area contributed by atoms with Crippen LogP contribution in [-0.4, -0.2) is 4.57 Å². The summed E-state index contributed by atoms with van der Waals surface area (Å²) >= 11 is 0. The number of nitrogen functional groups attached to an aromatic ring is 1. The van der Waals surface area contributed by atoms with Crippen LogP contribution in [-0.2, 0) is 0 Å². The number of nitrogens with two attached hydrogens (primary N) is 1. The number of nitriles is 1. The molecule has 1 heterocycles. The lowest BCUT2D eigenvalue weighted by Gasteiger charge is -2.10. The van der Waals surface area contributed by atoms with Crippen LogP contribution in [0.4, 0.5) is 5.82 Å². The molecule has 1 rings (SSSR count). The van der Waals surface area contributed by atoms with Gasteiger partial charge in [-0.15, -0.1) is 0 Å². The number of anilines is 1. The van der Waals surface area contributed by atoms with Gasteiger partial charge in [0.1, 0.15) is 17.6 Å². The van der Waals surface area contributed by atoms with Crippen LogP contribution in [0.5, 0.6) is 0 Å². The van der Waals surface area contributed by atoms with E-state index in [9.17, 15) is 0 Å². The summed E-state index contributed by atoms with van der Waals surface area (Å²) in [5.41, 5.74) is 7.35. The van der Waals surface area contributed by atoms with Gasteiger partial charge in [-0.05, 0) is 32.4 Å². The zero-order valence-corrected chi connectivity index (χ0v) is 7.63. The topological polar surface area (TPSA) is 54.7 Å². The molecule has 0 aliphatic carbocycles. The second-order valence-corrected chi connectivity index (χ2v) is 3.18. The van der Waals surface area contributed by atoms with E-state index in [2.05, 4.69) is 6.07 Å². The van der Waals surface area contributed by atoms with Crippen molar-refractivity contribution in [3.8, 4) is 6.07 Å². The Bertz CT molecular complexity index is 328. The van der Waals surface area contributed by atoms with Crippen LogP contribution >= 0.6 is 0 Å². The molecular formula is C9H13N3. The zero-order chi connectivity index (χ0) is 9.30. The monoisotopic (exact) mass is 163 g/mol. The number of nitrogens with zero attached hydrogens (tertiary/aromatic N) is 2. The number of hydrogen-bond donors (Lipinski definition) is 1. The fourth-order valence-electron chi connectivity index (χ4n) is 1.38. The van der Waals surface area contributed by atoms with E-state index in [4.69, 9.17) is 11.0 Å². The fraction of sp³-hybridized carbons (Fsp3) is 0.444. The van der Waals surface area contributed by atoms with E-state index in [0.717, 1.165) is 5.56 Å². The van der Waals surface area contributed by atoms with Crippen molar-refractivity contribution >= 4 is 5.82 Å². The van der Waals surface area contributed by atoms with Crippen LogP contribution in [0.25, 0.3) is 0 Å². The number of hydrogen-bond acceptors (Lipinski definition) is 2. The van der Waals surface area contributed by atoms with E-state index in [0.29, 0.717) is 11.5 Å². The molecule has 0 amide bonds. The largest absolute Gasteiger partial charge is 0.385 e. The SMILES string of the molecule is Cc1cc(N)n(C(C)C)c1C#N. The smallest absolute Gasteiger partial charge is 0.125 e. The molecule has 0 spiro atoms. The summed E-state index contributed by atoms with van der Waals surface area (Å²) in [6, 6.07) is 4.22. The molecule has 0 aliphatic heterocycles. The van der Waals surface area contributed by atoms with Crippen LogP contribution in [0.15, 0.2) is 6.07 Å². The summed E-state index contributed by atoms with van der Waals surface area (Å²) in [5, 5.41) is 8.84. The molecule has 0 aromatic carbocycles. The highest BCUT2D eigenvalue weighted by molar-refractivity contribution is 5.46. The van der Waals surface area contributed by atoms with E-state index in [1.807, 2.05) is 31.4 Å². The first-order valence-electron chi connectivity index (χ1n) is 3.95. The molecule has 0 saturated carbocycles. The van der Waals surface area contributed by atoms with Gasteiger partial charge in [0.15, 0.2) is 0 Å². The van der Waals surface area contributed by atoms with Gasteiger partial charge in [-0.25, -0.2) is 0 Å². The van der Waals surface area contributed by atoms with Crippen molar-refractivity contribution in [2.45, 2.75) is 26.8 Å². The van der Waals surface area contributed by atoms with Crippen molar-refractivity contribution < 1.29 is 0 Å². The maximum absolute atomic E-state index is 8.84. The molecule has 0 atom stereocenters. The summed E-state index contributed by atoms with van der Waals surface area (Å²) in [7, 11) is 0. The molecule has 0 radical (unpaired) electrons. The maximum atomic E-state index is 8.84. The van der Waals surface area contributed by atoms with Crippen molar-refractivity contribution in [3.05, 3.63) is 17.3 Å². The lowest BCUT2D eigenvalue weighted by atomic mass is 10.3. The third-order valence-corrected chi connectivity index (χ3v) is 1.88. The molecule has 0 saturated heterocycles. The van der Waals surface area contributed by atoms with Gasteiger partial charge in [0.25, 0.3) is 0 Å². The molecule has 0 fully saturated rings. The van der Waals surface area contributed by atoms with E-state index in [1.165, 1.54) is 0 Å². The van der Waals surface area contributed by atoms with E-state index in [1.54, 1.807) is 0 Å². The van der Waals surface area contributed by atoms with Gasteiger partial charge in [-0.1, -0.05) is 0 Å². The van der Waals surface area contributed by atoms with Gasteiger partial charge in [0.2, 0.25) is 0 Å². The Hall–Kier alpha value is -1.43. The Morgan fingerprint density at radius 2 is 2.17 bits per heavy atom. The molecule has 1 aromatic heterocycles.